The fraction of sp³-hybridized carbons (Fsp3) is 0.500. The predicted octanol–water partition coefficient (Wildman–Crippen LogP) is 1.73. The van der Waals surface area contributed by atoms with E-state index < -0.39 is 6.16 Å². The highest BCUT2D eigenvalue weighted by molar-refractivity contribution is 5.62. The molecular formula is C8H12N2O3. The van der Waals surface area contributed by atoms with Gasteiger partial charge in [-0.2, -0.15) is 0 Å². The van der Waals surface area contributed by atoms with E-state index in [1.807, 2.05) is 6.92 Å². The summed E-state index contributed by atoms with van der Waals surface area (Å²) in [5.74, 6) is 0.293. The van der Waals surface area contributed by atoms with Crippen LogP contribution in [0.1, 0.15) is 19.8 Å². The molecule has 1 aromatic rings. The number of aromatic nitrogens is 2. The molecule has 5 heteroatoms. The van der Waals surface area contributed by atoms with Gasteiger partial charge in [-0.3, -0.25) is 0 Å². The third kappa shape index (κ3) is 3.59. The van der Waals surface area contributed by atoms with Gasteiger partial charge in [0.15, 0.2) is 0 Å². The Morgan fingerprint density at radius 3 is 3.15 bits per heavy atom. The zero-order valence-electron chi connectivity index (χ0n) is 7.45. The second-order valence-electron chi connectivity index (χ2n) is 2.47. The van der Waals surface area contributed by atoms with E-state index in [-0.39, 0.29) is 0 Å². The maximum Gasteiger partial charge on any atom is 0.515 e. The number of ether oxygens (including phenoxy) is 2. The van der Waals surface area contributed by atoms with Gasteiger partial charge in [0.2, 0.25) is 5.88 Å². The third-order valence-electron chi connectivity index (χ3n) is 1.38. The molecule has 0 amide bonds. The van der Waals surface area contributed by atoms with Crippen LogP contribution in [0.15, 0.2) is 12.5 Å². The van der Waals surface area contributed by atoms with E-state index in [2.05, 4.69) is 9.97 Å². The minimum Gasteiger partial charge on any atom is -0.434 e. The summed E-state index contributed by atoms with van der Waals surface area (Å²) in [6.45, 7) is 2.41. The summed E-state index contributed by atoms with van der Waals surface area (Å²) in [7, 11) is 0. The molecule has 0 saturated carbocycles. The summed E-state index contributed by atoms with van der Waals surface area (Å²) >= 11 is 0. The van der Waals surface area contributed by atoms with Crippen LogP contribution in [0.5, 0.6) is 5.88 Å². The smallest absolute Gasteiger partial charge is 0.434 e. The first-order valence-electron chi connectivity index (χ1n) is 4.16. The number of unbranched alkanes of at least 4 members (excludes halogenated alkanes) is 1. The van der Waals surface area contributed by atoms with Gasteiger partial charge in [0.25, 0.3) is 0 Å². The normalized spacial score (nSPS) is 9.62. The molecule has 5 nitrogen and oxygen atoms in total. The van der Waals surface area contributed by atoms with Crippen molar-refractivity contribution in [1.82, 2.24) is 9.97 Å². The monoisotopic (exact) mass is 184 g/mol. The number of nitrogens with one attached hydrogen (secondary N) is 1. The second-order valence-corrected chi connectivity index (χ2v) is 2.47. The number of hydrogen-bond acceptors (Lipinski definition) is 4. The molecule has 72 valence electrons. The largest absolute Gasteiger partial charge is 0.515 e. The number of hydrogen-bond donors (Lipinski definition) is 1. The van der Waals surface area contributed by atoms with E-state index in [4.69, 9.17) is 9.47 Å². The summed E-state index contributed by atoms with van der Waals surface area (Å²) in [6, 6.07) is 0. The van der Waals surface area contributed by atoms with Crippen molar-refractivity contribution in [3.05, 3.63) is 12.5 Å². The van der Waals surface area contributed by atoms with Crippen LogP contribution in [0.4, 0.5) is 4.79 Å². The average Bonchev–Trinajstić information content (AvgIpc) is 2.57. The minimum atomic E-state index is -0.697. The second kappa shape index (κ2) is 5.18. The maximum atomic E-state index is 10.9. The molecule has 0 fully saturated rings. The van der Waals surface area contributed by atoms with Gasteiger partial charge in [-0.25, -0.2) is 9.78 Å². The van der Waals surface area contributed by atoms with E-state index in [1.54, 1.807) is 0 Å². The highest BCUT2D eigenvalue weighted by Crippen LogP contribution is 2.03. The molecule has 0 aliphatic heterocycles. The van der Waals surface area contributed by atoms with E-state index in [1.165, 1.54) is 12.5 Å². The molecule has 0 aromatic carbocycles. The van der Waals surface area contributed by atoms with E-state index >= 15 is 0 Å². The van der Waals surface area contributed by atoms with Crippen molar-refractivity contribution in [1.29, 1.82) is 0 Å². The first-order valence-corrected chi connectivity index (χ1v) is 4.16. The Balaban J connectivity index is 2.18. The first kappa shape index (κ1) is 9.57. The van der Waals surface area contributed by atoms with Gasteiger partial charge in [-0.05, 0) is 6.42 Å². The number of imidazole rings is 1. The number of aromatic amines is 1. The summed E-state index contributed by atoms with van der Waals surface area (Å²) in [5.41, 5.74) is 0. The van der Waals surface area contributed by atoms with Crippen molar-refractivity contribution in [3.63, 3.8) is 0 Å². The first-order chi connectivity index (χ1) is 6.33. The molecule has 0 atom stereocenters. The summed E-state index contributed by atoms with van der Waals surface area (Å²) < 4.78 is 9.47. The fourth-order valence-electron chi connectivity index (χ4n) is 0.718. The molecule has 0 aliphatic carbocycles. The Bertz CT molecular complexity index is 246. The summed E-state index contributed by atoms with van der Waals surface area (Å²) in [4.78, 5) is 17.2. The lowest BCUT2D eigenvalue weighted by molar-refractivity contribution is 0.0964. The topological polar surface area (TPSA) is 64.2 Å². The molecule has 0 spiro atoms. The molecule has 1 rings (SSSR count). The molecular weight excluding hydrogens is 172 g/mol. The Morgan fingerprint density at radius 1 is 1.69 bits per heavy atom. The van der Waals surface area contributed by atoms with Crippen molar-refractivity contribution in [2.45, 2.75) is 19.8 Å². The van der Waals surface area contributed by atoms with E-state index in [9.17, 15) is 4.79 Å². The third-order valence-corrected chi connectivity index (χ3v) is 1.38. The van der Waals surface area contributed by atoms with Crippen molar-refractivity contribution in [2.75, 3.05) is 6.61 Å². The molecule has 0 bridgehead atoms. The van der Waals surface area contributed by atoms with Crippen molar-refractivity contribution >= 4 is 6.16 Å². The van der Waals surface area contributed by atoms with Crippen LogP contribution >= 0.6 is 0 Å². The Morgan fingerprint density at radius 2 is 2.54 bits per heavy atom. The molecule has 1 N–H and O–H groups in total. The Hall–Kier alpha value is -1.52. The van der Waals surface area contributed by atoms with Crippen molar-refractivity contribution < 1.29 is 14.3 Å². The lowest BCUT2D eigenvalue weighted by Gasteiger charge is -2.02. The zero-order valence-corrected chi connectivity index (χ0v) is 7.45. The van der Waals surface area contributed by atoms with Crippen LogP contribution in [0, 0.1) is 0 Å². The molecule has 0 unspecified atom stereocenters. The lowest BCUT2D eigenvalue weighted by Crippen LogP contribution is -2.11. The van der Waals surface area contributed by atoms with Gasteiger partial charge in [-0.15, -0.1) is 0 Å². The molecule has 0 radical (unpaired) electrons. The van der Waals surface area contributed by atoms with Gasteiger partial charge in [0.05, 0.1) is 19.1 Å². The molecule has 0 aliphatic rings. The Labute approximate surface area is 76.1 Å². The van der Waals surface area contributed by atoms with Gasteiger partial charge in [0, 0.05) is 0 Å². The molecule has 1 heterocycles. The van der Waals surface area contributed by atoms with Gasteiger partial charge in [-0.1, -0.05) is 13.3 Å². The number of nitrogens with zero attached hydrogens (tertiary/aromatic N) is 1. The quantitative estimate of drug-likeness (QED) is 0.571. The standard InChI is InChI=1S/C8H12N2O3/c1-2-3-4-12-8(11)13-7-5-9-6-10-7/h5-6H,2-4H2,1H3,(H,9,10). The zero-order chi connectivity index (χ0) is 9.52. The van der Waals surface area contributed by atoms with Crippen LogP contribution in [-0.4, -0.2) is 22.7 Å². The minimum absolute atomic E-state index is 0.293. The highest BCUT2D eigenvalue weighted by atomic mass is 16.7. The lowest BCUT2D eigenvalue weighted by atomic mass is 10.4. The average molecular weight is 184 g/mol. The number of carbonyl (C=O) groups is 1. The van der Waals surface area contributed by atoms with E-state index in [0.29, 0.717) is 12.5 Å². The van der Waals surface area contributed by atoms with Crippen LogP contribution < -0.4 is 4.74 Å². The SMILES string of the molecule is CCCCOC(=O)Oc1cnc[nH]1. The highest BCUT2D eigenvalue weighted by Gasteiger charge is 2.05. The van der Waals surface area contributed by atoms with Gasteiger partial charge >= 0.3 is 6.16 Å². The molecule has 13 heavy (non-hydrogen) atoms. The number of carbonyl (C=O) groups excluding carboxylic acids is 1. The summed E-state index contributed by atoms with van der Waals surface area (Å²) in [5, 5.41) is 0. The number of rotatable bonds is 4. The van der Waals surface area contributed by atoms with E-state index in [0.717, 1.165) is 12.8 Å². The van der Waals surface area contributed by atoms with Crippen LogP contribution in [0.3, 0.4) is 0 Å². The summed E-state index contributed by atoms with van der Waals surface area (Å²) in [6.07, 6.45) is 3.96. The fourth-order valence-corrected chi connectivity index (χ4v) is 0.718. The number of H-pyrrole nitrogens is 1. The van der Waals surface area contributed by atoms with Crippen molar-refractivity contribution in [2.24, 2.45) is 0 Å². The predicted molar refractivity (Wildman–Crippen MR) is 45.5 cm³/mol. The van der Waals surface area contributed by atoms with Crippen LogP contribution in [0.2, 0.25) is 0 Å². The van der Waals surface area contributed by atoms with Crippen LogP contribution in [-0.2, 0) is 4.74 Å². The molecule has 0 saturated heterocycles. The van der Waals surface area contributed by atoms with Gasteiger partial charge in [0.1, 0.15) is 0 Å². The van der Waals surface area contributed by atoms with Gasteiger partial charge < -0.3 is 14.5 Å². The van der Waals surface area contributed by atoms with Crippen molar-refractivity contribution in [3.8, 4) is 5.88 Å². The molecule has 1 aromatic heterocycles. The maximum absolute atomic E-state index is 10.9. The van der Waals surface area contributed by atoms with Crippen LogP contribution in [0.25, 0.3) is 0 Å². The Kier molecular flexibility index (Phi) is 3.81.